The number of carbonyl (C=O) groups is 1. The molecular weight excluding hydrogens is 252 g/mol. The maximum atomic E-state index is 11.9. The van der Waals surface area contributed by atoms with Crippen molar-refractivity contribution in [1.29, 1.82) is 0 Å². The summed E-state index contributed by atoms with van der Waals surface area (Å²) < 4.78 is 0. The van der Waals surface area contributed by atoms with Gasteiger partial charge in [-0.15, -0.1) is 0 Å². The minimum absolute atomic E-state index is 0.0221. The minimum Gasteiger partial charge on any atom is -0.384 e. The molecule has 0 saturated carbocycles. The number of hydrogen-bond acceptors (Lipinski definition) is 2. The molecule has 1 heterocycles. The van der Waals surface area contributed by atoms with Crippen molar-refractivity contribution < 1.29 is 9.90 Å². The third-order valence-corrected chi connectivity index (χ3v) is 3.35. The summed E-state index contributed by atoms with van der Waals surface area (Å²) in [6.45, 7) is 2.12. The first kappa shape index (κ1) is 14.4. The Kier molecular flexibility index (Phi) is 5.45. The Hall–Kier alpha value is -1.99. The van der Waals surface area contributed by atoms with Crippen LogP contribution in [0.25, 0.3) is 0 Å². The molecule has 0 bridgehead atoms. The third-order valence-electron chi connectivity index (χ3n) is 3.35. The number of nitrogens with one attached hydrogen (secondary N) is 1. The normalized spacial score (nSPS) is 14.3. The second-order valence-corrected chi connectivity index (χ2v) is 4.86. The van der Waals surface area contributed by atoms with Gasteiger partial charge in [0.2, 0.25) is 0 Å². The maximum absolute atomic E-state index is 11.9. The quantitative estimate of drug-likeness (QED) is 0.806. The number of hydrogen-bond donors (Lipinski definition) is 2. The van der Waals surface area contributed by atoms with Gasteiger partial charge in [0, 0.05) is 25.2 Å². The molecule has 2 amide bonds. The van der Waals surface area contributed by atoms with Crippen molar-refractivity contribution in [3.05, 3.63) is 35.4 Å². The van der Waals surface area contributed by atoms with E-state index in [1.807, 2.05) is 29.2 Å². The highest BCUT2D eigenvalue weighted by Crippen LogP contribution is 2.09. The Labute approximate surface area is 119 Å². The van der Waals surface area contributed by atoms with Crippen LogP contribution in [0.2, 0.25) is 0 Å². The van der Waals surface area contributed by atoms with E-state index >= 15 is 0 Å². The van der Waals surface area contributed by atoms with Crippen molar-refractivity contribution in [2.75, 3.05) is 19.7 Å². The molecular formula is C16H20N2O2. The summed E-state index contributed by atoms with van der Waals surface area (Å²) in [5.41, 5.74) is 1.91. The van der Waals surface area contributed by atoms with E-state index in [0.29, 0.717) is 6.54 Å². The molecule has 2 rings (SSSR count). The van der Waals surface area contributed by atoms with E-state index in [1.165, 1.54) is 6.42 Å². The van der Waals surface area contributed by atoms with E-state index in [0.717, 1.165) is 37.1 Å². The minimum atomic E-state index is -0.131. The maximum Gasteiger partial charge on any atom is 0.317 e. The number of aliphatic hydroxyl groups excluding tert-OH is 1. The Balaban J connectivity index is 1.82. The molecule has 1 aliphatic heterocycles. The molecule has 1 aromatic carbocycles. The standard InChI is InChI=1S/C16H20N2O2/c19-12-4-5-14-6-8-15(9-7-14)13-17-16(20)18-10-2-1-3-11-18/h6-9,19H,1-3,10-13H2,(H,17,20). The molecule has 1 fully saturated rings. The number of amides is 2. The van der Waals surface area contributed by atoms with Crippen molar-refractivity contribution in [2.24, 2.45) is 0 Å². The van der Waals surface area contributed by atoms with Gasteiger partial charge >= 0.3 is 6.03 Å². The zero-order chi connectivity index (χ0) is 14.2. The fourth-order valence-electron chi connectivity index (χ4n) is 2.23. The lowest BCUT2D eigenvalue weighted by Crippen LogP contribution is -2.42. The first-order valence-corrected chi connectivity index (χ1v) is 7.01. The second kappa shape index (κ2) is 7.56. The first-order valence-electron chi connectivity index (χ1n) is 7.01. The van der Waals surface area contributed by atoms with Crippen LogP contribution in [0.1, 0.15) is 30.4 Å². The van der Waals surface area contributed by atoms with E-state index in [1.54, 1.807) is 0 Å². The van der Waals surface area contributed by atoms with Crippen LogP contribution in [0.3, 0.4) is 0 Å². The van der Waals surface area contributed by atoms with E-state index in [-0.39, 0.29) is 12.6 Å². The highest BCUT2D eigenvalue weighted by Gasteiger charge is 2.15. The number of nitrogens with zero attached hydrogens (tertiary/aromatic N) is 1. The smallest absolute Gasteiger partial charge is 0.317 e. The molecule has 0 unspecified atom stereocenters. The Bertz CT molecular complexity index is 493. The SMILES string of the molecule is O=C(NCc1ccc(C#CCO)cc1)N1CCCCC1. The predicted molar refractivity (Wildman–Crippen MR) is 78.1 cm³/mol. The average molecular weight is 272 g/mol. The number of aliphatic hydroxyl groups is 1. The molecule has 0 aromatic heterocycles. The summed E-state index contributed by atoms with van der Waals surface area (Å²) in [5.74, 6) is 5.45. The van der Waals surface area contributed by atoms with Gasteiger partial charge in [0.1, 0.15) is 6.61 Å². The average Bonchev–Trinajstić information content (AvgIpc) is 2.52. The van der Waals surface area contributed by atoms with Crippen molar-refractivity contribution in [1.82, 2.24) is 10.2 Å². The molecule has 2 N–H and O–H groups in total. The Morgan fingerprint density at radius 2 is 1.90 bits per heavy atom. The number of likely N-dealkylation sites (tertiary alicyclic amines) is 1. The summed E-state index contributed by atoms with van der Waals surface area (Å²) in [7, 11) is 0. The zero-order valence-corrected chi connectivity index (χ0v) is 11.6. The van der Waals surface area contributed by atoms with Crippen molar-refractivity contribution in [3.8, 4) is 11.8 Å². The molecule has 0 aliphatic carbocycles. The summed E-state index contributed by atoms with van der Waals surface area (Å²) in [6.07, 6.45) is 3.43. The van der Waals surface area contributed by atoms with Gasteiger partial charge < -0.3 is 15.3 Å². The van der Waals surface area contributed by atoms with Crippen LogP contribution in [0.5, 0.6) is 0 Å². The number of benzene rings is 1. The summed E-state index contributed by atoms with van der Waals surface area (Å²) >= 11 is 0. The van der Waals surface area contributed by atoms with Crippen molar-refractivity contribution in [2.45, 2.75) is 25.8 Å². The molecule has 1 aliphatic rings. The van der Waals surface area contributed by atoms with Crippen LogP contribution in [-0.4, -0.2) is 35.7 Å². The van der Waals surface area contributed by atoms with E-state index in [2.05, 4.69) is 17.2 Å². The van der Waals surface area contributed by atoms with E-state index < -0.39 is 0 Å². The molecule has 0 spiro atoms. The molecule has 4 nitrogen and oxygen atoms in total. The predicted octanol–water partition coefficient (Wildman–Crippen LogP) is 1.73. The molecule has 0 atom stereocenters. The lowest BCUT2D eigenvalue weighted by molar-refractivity contribution is 0.186. The van der Waals surface area contributed by atoms with E-state index in [9.17, 15) is 4.79 Å². The zero-order valence-electron chi connectivity index (χ0n) is 11.6. The fraction of sp³-hybridized carbons (Fsp3) is 0.438. The van der Waals surface area contributed by atoms with Crippen LogP contribution >= 0.6 is 0 Å². The molecule has 106 valence electrons. The lowest BCUT2D eigenvalue weighted by atomic mass is 10.1. The molecule has 1 aromatic rings. The fourth-order valence-corrected chi connectivity index (χ4v) is 2.23. The Morgan fingerprint density at radius 3 is 2.55 bits per heavy atom. The second-order valence-electron chi connectivity index (χ2n) is 4.86. The third kappa shape index (κ3) is 4.29. The van der Waals surface area contributed by atoms with Crippen LogP contribution in [0.4, 0.5) is 4.79 Å². The van der Waals surface area contributed by atoms with Gasteiger partial charge in [0.25, 0.3) is 0 Å². The molecule has 0 radical (unpaired) electrons. The van der Waals surface area contributed by atoms with Gasteiger partial charge in [0.05, 0.1) is 0 Å². The topological polar surface area (TPSA) is 52.6 Å². The van der Waals surface area contributed by atoms with Crippen molar-refractivity contribution in [3.63, 3.8) is 0 Å². The summed E-state index contributed by atoms with van der Waals surface area (Å²) in [5, 5.41) is 11.6. The van der Waals surface area contributed by atoms with Gasteiger partial charge in [-0.05, 0) is 37.0 Å². The van der Waals surface area contributed by atoms with Crippen LogP contribution in [0, 0.1) is 11.8 Å². The van der Waals surface area contributed by atoms with Gasteiger partial charge in [-0.2, -0.15) is 0 Å². The van der Waals surface area contributed by atoms with Crippen LogP contribution < -0.4 is 5.32 Å². The Morgan fingerprint density at radius 1 is 1.20 bits per heavy atom. The molecule has 1 saturated heterocycles. The number of carbonyl (C=O) groups excluding carboxylic acids is 1. The molecule has 20 heavy (non-hydrogen) atoms. The van der Waals surface area contributed by atoms with Gasteiger partial charge in [-0.25, -0.2) is 4.79 Å². The largest absolute Gasteiger partial charge is 0.384 e. The summed E-state index contributed by atoms with van der Waals surface area (Å²) in [6, 6.07) is 7.69. The van der Waals surface area contributed by atoms with E-state index in [4.69, 9.17) is 5.11 Å². The highest BCUT2D eigenvalue weighted by atomic mass is 16.2. The number of urea groups is 1. The molecule has 4 heteroatoms. The summed E-state index contributed by atoms with van der Waals surface area (Å²) in [4.78, 5) is 13.8. The van der Waals surface area contributed by atoms with Gasteiger partial charge in [-0.3, -0.25) is 0 Å². The number of piperidine rings is 1. The van der Waals surface area contributed by atoms with Crippen LogP contribution in [0.15, 0.2) is 24.3 Å². The van der Waals surface area contributed by atoms with Gasteiger partial charge in [0.15, 0.2) is 0 Å². The van der Waals surface area contributed by atoms with Crippen molar-refractivity contribution >= 4 is 6.03 Å². The van der Waals surface area contributed by atoms with Crippen LogP contribution in [-0.2, 0) is 6.54 Å². The lowest BCUT2D eigenvalue weighted by Gasteiger charge is -2.26. The first-order chi connectivity index (χ1) is 9.79. The monoisotopic (exact) mass is 272 g/mol. The van der Waals surface area contributed by atoms with Gasteiger partial charge in [-0.1, -0.05) is 24.0 Å². The highest BCUT2D eigenvalue weighted by molar-refractivity contribution is 5.74. The number of rotatable bonds is 2.